The van der Waals surface area contributed by atoms with Gasteiger partial charge in [-0.2, -0.15) is 0 Å². The van der Waals surface area contributed by atoms with Gasteiger partial charge in [0, 0.05) is 19.0 Å². The molecule has 60 valence electrons. The van der Waals surface area contributed by atoms with Gasteiger partial charge < -0.3 is 4.74 Å². The van der Waals surface area contributed by atoms with Crippen molar-refractivity contribution in [3.63, 3.8) is 0 Å². The molecule has 0 atom stereocenters. The number of aromatic nitrogens is 2. The van der Waals surface area contributed by atoms with Gasteiger partial charge in [-0.15, -0.1) is 0 Å². The van der Waals surface area contributed by atoms with Crippen LogP contribution in [-0.2, 0) is 11.5 Å². The Hall–Kier alpha value is -1.16. The Morgan fingerprint density at radius 1 is 1.73 bits per heavy atom. The Morgan fingerprint density at radius 3 is 3.18 bits per heavy atom. The summed E-state index contributed by atoms with van der Waals surface area (Å²) in [6.07, 6.45) is 3.11. The lowest BCUT2D eigenvalue weighted by atomic mass is 10.7. The zero-order valence-electron chi connectivity index (χ0n) is 6.36. The maximum Gasteiger partial charge on any atom is 0.349 e. The largest absolute Gasteiger partial charge is 0.361 e. The summed E-state index contributed by atoms with van der Waals surface area (Å²) in [7, 11) is 0. The van der Waals surface area contributed by atoms with E-state index in [0.717, 1.165) is 0 Å². The zero-order chi connectivity index (χ0) is 8.10. The van der Waals surface area contributed by atoms with Crippen molar-refractivity contribution in [2.45, 2.75) is 13.7 Å². The summed E-state index contributed by atoms with van der Waals surface area (Å²) in [4.78, 5) is 14.5. The maximum atomic E-state index is 10.9. The molecule has 0 bridgehead atoms. The molecular formula is C7H10N2O2. The average Bonchev–Trinajstić information content (AvgIpc) is 2.03. The summed E-state index contributed by atoms with van der Waals surface area (Å²) >= 11 is 0. The molecule has 0 fully saturated rings. The molecule has 11 heavy (non-hydrogen) atoms. The second kappa shape index (κ2) is 3.88. The van der Waals surface area contributed by atoms with Gasteiger partial charge in [-0.3, -0.25) is 4.57 Å². The van der Waals surface area contributed by atoms with Crippen molar-refractivity contribution < 1.29 is 4.74 Å². The van der Waals surface area contributed by atoms with Crippen molar-refractivity contribution in [2.24, 2.45) is 0 Å². The van der Waals surface area contributed by atoms with Crippen LogP contribution in [0.2, 0.25) is 0 Å². The van der Waals surface area contributed by atoms with Crippen LogP contribution >= 0.6 is 0 Å². The van der Waals surface area contributed by atoms with Crippen LogP contribution < -0.4 is 5.69 Å². The summed E-state index contributed by atoms with van der Waals surface area (Å²) in [6, 6.07) is 1.69. The second-order valence-corrected chi connectivity index (χ2v) is 1.99. The molecule has 1 aromatic rings. The third kappa shape index (κ3) is 2.16. The predicted octanol–water partition coefficient (Wildman–Crippen LogP) is 0.237. The van der Waals surface area contributed by atoms with Gasteiger partial charge in [0.25, 0.3) is 0 Å². The minimum Gasteiger partial charge on any atom is -0.361 e. The smallest absolute Gasteiger partial charge is 0.349 e. The Labute approximate surface area is 64.5 Å². The summed E-state index contributed by atoms with van der Waals surface area (Å²) in [6.45, 7) is 2.76. The van der Waals surface area contributed by atoms with E-state index in [2.05, 4.69) is 4.98 Å². The minimum absolute atomic E-state index is 0.277. The number of hydrogen-bond acceptors (Lipinski definition) is 3. The molecule has 1 aromatic heterocycles. The highest BCUT2D eigenvalue weighted by Crippen LogP contribution is 1.80. The van der Waals surface area contributed by atoms with Gasteiger partial charge >= 0.3 is 5.69 Å². The van der Waals surface area contributed by atoms with Crippen LogP contribution in [0.25, 0.3) is 0 Å². The van der Waals surface area contributed by atoms with E-state index in [0.29, 0.717) is 6.61 Å². The van der Waals surface area contributed by atoms with Crippen LogP contribution in [0.3, 0.4) is 0 Å². The molecule has 0 radical (unpaired) electrons. The van der Waals surface area contributed by atoms with Crippen molar-refractivity contribution in [1.29, 1.82) is 0 Å². The van der Waals surface area contributed by atoms with E-state index in [9.17, 15) is 4.79 Å². The summed E-state index contributed by atoms with van der Waals surface area (Å²) in [5, 5.41) is 0. The van der Waals surface area contributed by atoms with Crippen LogP contribution in [0.15, 0.2) is 23.3 Å². The molecule has 0 amide bonds. The van der Waals surface area contributed by atoms with Gasteiger partial charge in [-0.1, -0.05) is 0 Å². The Morgan fingerprint density at radius 2 is 2.55 bits per heavy atom. The fourth-order valence-electron chi connectivity index (χ4n) is 0.675. The van der Waals surface area contributed by atoms with Crippen LogP contribution in [0.1, 0.15) is 6.92 Å². The molecule has 1 heterocycles. The van der Waals surface area contributed by atoms with Crippen molar-refractivity contribution in [2.75, 3.05) is 6.61 Å². The first-order valence-electron chi connectivity index (χ1n) is 3.44. The van der Waals surface area contributed by atoms with Gasteiger partial charge in [0.2, 0.25) is 0 Å². The first-order valence-corrected chi connectivity index (χ1v) is 3.44. The van der Waals surface area contributed by atoms with Crippen LogP contribution in [0.5, 0.6) is 0 Å². The lowest BCUT2D eigenvalue weighted by Gasteiger charge is -2.02. The molecule has 0 aliphatic carbocycles. The monoisotopic (exact) mass is 154 g/mol. The molecular weight excluding hydrogens is 144 g/mol. The molecule has 0 saturated carbocycles. The lowest BCUT2D eigenvalue weighted by Crippen LogP contribution is -2.22. The van der Waals surface area contributed by atoms with Crippen LogP contribution in [0, 0.1) is 0 Å². The van der Waals surface area contributed by atoms with Crippen molar-refractivity contribution in [3.05, 3.63) is 28.9 Å². The van der Waals surface area contributed by atoms with E-state index < -0.39 is 0 Å². The maximum absolute atomic E-state index is 10.9. The van der Waals surface area contributed by atoms with Crippen molar-refractivity contribution in [3.8, 4) is 0 Å². The highest BCUT2D eigenvalue weighted by molar-refractivity contribution is 4.79. The highest BCUT2D eigenvalue weighted by Gasteiger charge is 1.91. The van der Waals surface area contributed by atoms with E-state index in [1.165, 1.54) is 10.8 Å². The predicted molar refractivity (Wildman–Crippen MR) is 40.1 cm³/mol. The number of hydrogen-bond donors (Lipinski definition) is 0. The molecule has 4 nitrogen and oxygen atoms in total. The SMILES string of the molecule is CCOCn1cccnc1=O. The van der Waals surface area contributed by atoms with E-state index in [4.69, 9.17) is 4.74 Å². The third-order valence-electron chi connectivity index (χ3n) is 1.22. The summed E-state index contributed by atoms with van der Waals surface area (Å²) in [5.74, 6) is 0. The van der Waals surface area contributed by atoms with Gasteiger partial charge in [0.1, 0.15) is 6.73 Å². The number of rotatable bonds is 3. The first kappa shape index (κ1) is 7.94. The van der Waals surface area contributed by atoms with Gasteiger partial charge in [0.15, 0.2) is 0 Å². The van der Waals surface area contributed by atoms with E-state index in [1.807, 2.05) is 6.92 Å². The number of nitrogens with zero attached hydrogens (tertiary/aromatic N) is 2. The molecule has 4 heteroatoms. The lowest BCUT2D eigenvalue weighted by molar-refractivity contribution is 0.0844. The van der Waals surface area contributed by atoms with Crippen molar-refractivity contribution >= 4 is 0 Å². The molecule has 0 saturated heterocycles. The summed E-state index contributed by atoms with van der Waals surface area (Å²) < 4.78 is 6.43. The molecule has 0 unspecified atom stereocenters. The molecule has 0 N–H and O–H groups in total. The zero-order valence-corrected chi connectivity index (χ0v) is 6.36. The Balaban J connectivity index is 2.70. The van der Waals surface area contributed by atoms with E-state index in [1.54, 1.807) is 12.3 Å². The number of ether oxygens (including phenoxy) is 1. The van der Waals surface area contributed by atoms with Gasteiger partial charge in [-0.25, -0.2) is 9.78 Å². The van der Waals surface area contributed by atoms with Gasteiger partial charge in [-0.05, 0) is 13.0 Å². The van der Waals surface area contributed by atoms with Crippen molar-refractivity contribution in [1.82, 2.24) is 9.55 Å². The Bertz CT molecular complexity index is 269. The fraction of sp³-hybridized carbons (Fsp3) is 0.429. The molecule has 0 spiro atoms. The second-order valence-electron chi connectivity index (χ2n) is 1.99. The third-order valence-corrected chi connectivity index (χ3v) is 1.22. The topological polar surface area (TPSA) is 44.1 Å². The van der Waals surface area contributed by atoms with Gasteiger partial charge in [0.05, 0.1) is 0 Å². The Kier molecular flexibility index (Phi) is 2.80. The quantitative estimate of drug-likeness (QED) is 0.626. The van der Waals surface area contributed by atoms with E-state index >= 15 is 0 Å². The van der Waals surface area contributed by atoms with Crippen LogP contribution in [0.4, 0.5) is 0 Å². The fourth-order valence-corrected chi connectivity index (χ4v) is 0.675. The molecule has 0 aliphatic heterocycles. The first-order chi connectivity index (χ1) is 5.34. The normalized spacial score (nSPS) is 9.91. The van der Waals surface area contributed by atoms with E-state index in [-0.39, 0.29) is 12.4 Å². The molecule has 0 aliphatic rings. The summed E-state index contributed by atoms with van der Waals surface area (Å²) in [5.41, 5.74) is -0.277. The molecule has 0 aromatic carbocycles. The molecule has 1 rings (SSSR count). The highest BCUT2D eigenvalue weighted by atomic mass is 16.5. The van der Waals surface area contributed by atoms with Crippen LogP contribution in [-0.4, -0.2) is 16.2 Å². The minimum atomic E-state index is -0.277. The average molecular weight is 154 g/mol. The standard InChI is InChI=1S/C7H10N2O2/c1-2-11-6-9-5-3-4-8-7(9)10/h3-5H,2,6H2,1H3.